The maximum absolute atomic E-state index is 12.9. The average molecular weight is 398 g/mol. The van der Waals surface area contributed by atoms with Gasteiger partial charge in [0, 0.05) is 5.92 Å². The van der Waals surface area contributed by atoms with Gasteiger partial charge in [-0.05, 0) is 45.8 Å². The van der Waals surface area contributed by atoms with Crippen LogP contribution in [0.15, 0.2) is 0 Å². The monoisotopic (exact) mass is 397 g/mol. The van der Waals surface area contributed by atoms with Crippen molar-refractivity contribution in [2.24, 2.45) is 11.8 Å². The van der Waals surface area contributed by atoms with Crippen LogP contribution in [0.25, 0.3) is 0 Å². The Morgan fingerprint density at radius 3 is 2.07 bits per heavy atom. The van der Waals surface area contributed by atoms with Crippen molar-refractivity contribution in [3.05, 3.63) is 0 Å². The summed E-state index contributed by atoms with van der Waals surface area (Å²) in [6, 6.07) is -1.41. The summed E-state index contributed by atoms with van der Waals surface area (Å²) in [5.74, 6) is -1.82. The summed E-state index contributed by atoms with van der Waals surface area (Å²) in [7, 11) is -2.04. The first-order valence-electron chi connectivity index (χ1n) is 9.76. The van der Waals surface area contributed by atoms with Gasteiger partial charge in [-0.25, -0.2) is 4.79 Å². The van der Waals surface area contributed by atoms with Crippen LogP contribution in [0, 0.1) is 11.8 Å². The summed E-state index contributed by atoms with van der Waals surface area (Å²) in [4.78, 5) is 39.6. The molecule has 6 nitrogen and oxygen atoms in total. The molecule has 154 valence electrons. The Bertz CT molecular complexity index is 646. The molecule has 27 heavy (non-hydrogen) atoms. The van der Waals surface area contributed by atoms with E-state index >= 15 is 0 Å². The van der Waals surface area contributed by atoms with Crippen LogP contribution in [0.5, 0.6) is 0 Å². The molecule has 0 N–H and O–H groups in total. The van der Waals surface area contributed by atoms with E-state index in [1.165, 1.54) is 4.90 Å². The first kappa shape index (κ1) is 22.1. The lowest BCUT2D eigenvalue weighted by molar-refractivity contribution is -0.177. The molecule has 0 aromatic rings. The van der Waals surface area contributed by atoms with Gasteiger partial charge in [-0.3, -0.25) is 9.59 Å². The summed E-state index contributed by atoms with van der Waals surface area (Å²) in [6.45, 7) is 19.7. The first-order chi connectivity index (χ1) is 12.0. The van der Waals surface area contributed by atoms with Crippen LogP contribution in [-0.4, -0.2) is 54.7 Å². The van der Waals surface area contributed by atoms with Crippen molar-refractivity contribution in [3.8, 4) is 0 Å². The van der Waals surface area contributed by atoms with Gasteiger partial charge in [0.2, 0.25) is 5.91 Å². The van der Waals surface area contributed by atoms with Crippen LogP contribution >= 0.6 is 0 Å². The number of ketones is 1. The molecule has 2 unspecified atom stereocenters. The second-order valence-electron chi connectivity index (χ2n) is 10.5. The van der Waals surface area contributed by atoms with E-state index < -0.39 is 31.8 Å². The molecule has 0 aliphatic carbocycles. The number of β-lactam (4-membered cyclic amide) rings is 1. The molecular weight excluding hydrogens is 362 g/mol. The van der Waals surface area contributed by atoms with Gasteiger partial charge in [-0.15, -0.1) is 0 Å². The van der Waals surface area contributed by atoms with E-state index in [0.717, 1.165) is 0 Å². The van der Waals surface area contributed by atoms with E-state index in [0.29, 0.717) is 0 Å². The quantitative estimate of drug-likeness (QED) is 0.315. The number of Topliss-reactive ketones (excluding diaryl/α,β-unsaturated/α-hetero) is 1. The van der Waals surface area contributed by atoms with Crippen molar-refractivity contribution in [2.45, 2.75) is 97.3 Å². The molecule has 2 saturated heterocycles. The highest BCUT2D eigenvalue weighted by molar-refractivity contribution is 6.74. The highest BCUT2D eigenvalue weighted by Crippen LogP contribution is 2.46. The number of amides is 1. The molecule has 0 aromatic heterocycles. The lowest BCUT2D eigenvalue weighted by Gasteiger charge is -2.50. The fourth-order valence-corrected chi connectivity index (χ4v) is 5.17. The topological polar surface area (TPSA) is 72.9 Å². The molecule has 0 radical (unpaired) electrons. The number of hydrogen-bond donors (Lipinski definition) is 0. The van der Waals surface area contributed by atoms with Gasteiger partial charge in [0.25, 0.3) is 0 Å². The summed E-state index contributed by atoms with van der Waals surface area (Å²) >= 11 is 0. The van der Waals surface area contributed by atoms with E-state index in [1.54, 1.807) is 27.7 Å². The van der Waals surface area contributed by atoms with Gasteiger partial charge >= 0.3 is 5.97 Å². The zero-order valence-corrected chi connectivity index (χ0v) is 19.4. The third-order valence-electron chi connectivity index (χ3n) is 6.16. The van der Waals surface area contributed by atoms with Crippen molar-refractivity contribution >= 4 is 26.0 Å². The molecule has 0 spiro atoms. The van der Waals surface area contributed by atoms with Crippen molar-refractivity contribution in [1.29, 1.82) is 0 Å². The highest BCUT2D eigenvalue weighted by Gasteiger charge is 2.65. The Morgan fingerprint density at radius 2 is 1.63 bits per heavy atom. The van der Waals surface area contributed by atoms with Gasteiger partial charge in [-0.1, -0.05) is 27.7 Å². The van der Waals surface area contributed by atoms with E-state index in [1.807, 2.05) is 6.92 Å². The molecule has 5 atom stereocenters. The van der Waals surface area contributed by atoms with Crippen LogP contribution in [0.3, 0.4) is 0 Å². The molecule has 2 aliphatic rings. The maximum atomic E-state index is 12.9. The van der Waals surface area contributed by atoms with Crippen LogP contribution in [0.4, 0.5) is 0 Å². The standard InChI is InChI=1S/C20H35NO5Si/c1-11-14-13(12(2)26-27(9,10)20(6,7)8)17(23)21(14)15(16(11)22)18(24)25-19(3,4)5/h11-15H,1-10H3/t11-,12?,13-,14-,15?/m1/s1. The second kappa shape index (κ2) is 6.69. The smallest absolute Gasteiger partial charge is 0.337 e. The fourth-order valence-electron chi connectivity index (χ4n) is 3.74. The Kier molecular flexibility index (Phi) is 5.47. The Labute approximate surface area is 164 Å². The number of hydrogen-bond acceptors (Lipinski definition) is 5. The molecule has 2 fully saturated rings. The van der Waals surface area contributed by atoms with Crippen molar-refractivity contribution in [2.75, 3.05) is 0 Å². The number of rotatable bonds is 4. The fraction of sp³-hybridized carbons (Fsp3) is 0.850. The number of nitrogens with zero attached hydrogens (tertiary/aromatic N) is 1. The van der Waals surface area contributed by atoms with Crippen LogP contribution in [-0.2, 0) is 23.5 Å². The Balaban J connectivity index is 2.20. The van der Waals surface area contributed by atoms with Crippen LogP contribution < -0.4 is 0 Å². The minimum atomic E-state index is -2.04. The molecule has 2 heterocycles. The van der Waals surface area contributed by atoms with E-state index in [-0.39, 0.29) is 34.8 Å². The second-order valence-corrected chi connectivity index (χ2v) is 15.2. The molecule has 7 heteroatoms. The molecule has 1 amide bonds. The van der Waals surface area contributed by atoms with Gasteiger partial charge in [0.1, 0.15) is 5.60 Å². The summed E-state index contributed by atoms with van der Waals surface area (Å²) in [5.41, 5.74) is -0.704. The van der Waals surface area contributed by atoms with Crippen molar-refractivity contribution < 1.29 is 23.5 Å². The normalized spacial score (nSPS) is 30.1. The Morgan fingerprint density at radius 1 is 1.11 bits per heavy atom. The zero-order chi connectivity index (χ0) is 21.1. The van der Waals surface area contributed by atoms with Gasteiger partial charge in [-0.2, -0.15) is 0 Å². The predicted molar refractivity (Wildman–Crippen MR) is 106 cm³/mol. The summed E-state index contributed by atoms with van der Waals surface area (Å²) in [5, 5.41) is 0.0316. The predicted octanol–water partition coefficient (Wildman–Crippen LogP) is 3.15. The average Bonchev–Trinajstić information content (AvgIpc) is 2.65. The molecule has 2 rings (SSSR count). The Hall–Kier alpha value is -1.21. The van der Waals surface area contributed by atoms with Crippen molar-refractivity contribution in [3.63, 3.8) is 0 Å². The SMILES string of the molecule is CC(O[Si](C)(C)C(C)(C)C)[C@H]1C(=O)N2C(C(=O)OC(C)(C)C)C(=O)[C@H](C)[C@H]12. The lowest BCUT2D eigenvalue weighted by atomic mass is 9.79. The van der Waals surface area contributed by atoms with E-state index in [9.17, 15) is 14.4 Å². The van der Waals surface area contributed by atoms with Gasteiger partial charge < -0.3 is 14.1 Å². The van der Waals surface area contributed by atoms with E-state index in [4.69, 9.17) is 9.16 Å². The number of fused-ring (bicyclic) bond motifs is 1. The minimum absolute atomic E-state index is 0.0316. The molecule has 0 bridgehead atoms. The van der Waals surface area contributed by atoms with Gasteiger partial charge in [0.05, 0.1) is 18.1 Å². The van der Waals surface area contributed by atoms with E-state index in [2.05, 4.69) is 33.9 Å². The first-order valence-corrected chi connectivity index (χ1v) is 12.7. The number of esters is 1. The zero-order valence-electron chi connectivity index (χ0n) is 18.4. The molecule has 0 aromatic carbocycles. The molecular formula is C20H35NO5Si. The largest absolute Gasteiger partial charge is 0.458 e. The van der Waals surface area contributed by atoms with Gasteiger partial charge in [0.15, 0.2) is 20.1 Å². The number of carbonyl (C=O) groups excluding carboxylic acids is 3. The minimum Gasteiger partial charge on any atom is -0.458 e. The molecule has 2 aliphatic heterocycles. The highest BCUT2D eigenvalue weighted by atomic mass is 28.4. The van der Waals surface area contributed by atoms with Crippen LogP contribution in [0.1, 0.15) is 55.4 Å². The third kappa shape index (κ3) is 3.85. The molecule has 0 saturated carbocycles. The number of carbonyl (C=O) groups is 3. The summed E-state index contributed by atoms with van der Waals surface area (Å²) < 4.78 is 11.8. The third-order valence-corrected chi connectivity index (χ3v) is 10.7. The number of ether oxygens (including phenoxy) is 1. The van der Waals surface area contributed by atoms with Crippen molar-refractivity contribution in [1.82, 2.24) is 4.90 Å². The lowest BCUT2D eigenvalue weighted by Crippen LogP contribution is -2.67. The maximum Gasteiger partial charge on any atom is 0.337 e. The van der Waals surface area contributed by atoms with Crippen LogP contribution in [0.2, 0.25) is 18.1 Å². The summed E-state index contributed by atoms with van der Waals surface area (Å²) in [6.07, 6.45) is -0.285.